The van der Waals surface area contributed by atoms with Gasteiger partial charge in [-0.2, -0.15) is 0 Å². The molecule has 2 heterocycles. The maximum atomic E-state index is 8.53. The summed E-state index contributed by atoms with van der Waals surface area (Å²) in [5.74, 6) is 0. The number of para-hydroxylation sites is 2. The van der Waals surface area contributed by atoms with E-state index in [2.05, 4.69) is 24.3 Å². The largest absolute Gasteiger partial charge is 0.455 e. The van der Waals surface area contributed by atoms with Crippen LogP contribution in [0.5, 0.6) is 0 Å². The third kappa shape index (κ3) is 2.11. The van der Waals surface area contributed by atoms with E-state index in [0.717, 1.165) is 54.9 Å². The van der Waals surface area contributed by atoms with Crippen LogP contribution in [0, 0.1) is 0 Å². The van der Waals surface area contributed by atoms with Gasteiger partial charge in [-0.25, -0.2) is 4.98 Å². The van der Waals surface area contributed by atoms with Gasteiger partial charge in [0.05, 0.1) is 11.2 Å². The standard InChI is InChI=1S/C28H17NO/c1-2-13-23-17(6-1)14-15-24(29-23)20-10-5-12-22-27-21-11-4-8-18-7-3-9-19(26(18)21)16-25(27)30-28(20)22/h1-8,10-16H,9H2/i9D2. The van der Waals surface area contributed by atoms with Crippen LogP contribution in [0.25, 0.3) is 60.9 Å². The van der Waals surface area contributed by atoms with Gasteiger partial charge in [0.1, 0.15) is 11.2 Å². The highest BCUT2D eigenvalue weighted by atomic mass is 16.3. The minimum absolute atomic E-state index is 0.655. The fourth-order valence-electron chi connectivity index (χ4n) is 4.69. The summed E-state index contributed by atoms with van der Waals surface area (Å²) in [6, 6.07) is 26.4. The van der Waals surface area contributed by atoms with Gasteiger partial charge in [0, 0.05) is 24.5 Å². The molecule has 4 aromatic carbocycles. The predicted octanol–water partition coefficient (Wildman–Crippen LogP) is 7.52. The molecule has 0 unspecified atom stereocenters. The van der Waals surface area contributed by atoms with E-state index < -0.39 is 6.37 Å². The molecule has 0 radical (unpaired) electrons. The lowest BCUT2D eigenvalue weighted by atomic mass is 9.90. The third-order valence-corrected chi connectivity index (χ3v) is 6.03. The topological polar surface area (TPSA) is 26.0 Å². The van der Waals surface area contributed by atoms with Gasteiger partial charge in [-0.15, -0.1) is 0 Å². The van der Waals surface area contributed by atoms with E-state index in [9.17, 15) is 0 Å². The number of rotatable bonds is 1. The molecule has 0 bridgehead atoms. The molecule has 0 saturated carbocycles. The van der Waals surface area contributed by atoms with Crippen molar-refractivity contribution in [1.29, 1.82) is 0 Å². The smallest absolute Gasteiger partial charge is 0.144 e. The zero-order chi connectivity index (χ0) is 21.4. The van der Waals surface area contributed by atoms with Crippen molar-refractivity contribution in [3.63, 3.8) is 0 Å². The number of hydrogen-bond acceptors (Lipinski definition) is 2. The Bertz CT molecular complexity index is 1760. The zero-order valence-corrected chi connectivity index (χ0v) is 16.0. The SMILES string of the molecule is [2H]C1([2H])C=Cc2cccc3c2c1cc1oc2c(-c4ccc5ccccc5n4)cccc2c13. The van der Waals surface area contributed by atoms with E-state index >= 15 is 0 Å². The lowest BCUT2D eigenvalue weighted by molar-refractivity contribution is 0.669. The summed E-state index contributed by atoms with van der Waals surface area (Å²) in [4.78, 5) is 4.88. The predicted molar refractivity (Wildman–Crippen MR) is 125 cm³/mol. The molecule has 2 heteroatoms. The molecule has 0 fully saturated rings. The van der Waals surface area contributed by atoms with Crippen LogP contribution in [0.15, 0.2) is 89.4 Å². The summed E-state index contributed by atoms with van der Waals surface area (Å²) in [7, 11) is 0. The van der Waals surface area contributed by atoms with Crippen molar-refractivity contribution in [2.24, 2.45) is 0 Å². The van der Waals surface area contributed by atoms with Crippen molar-refractivity contribution in [3.05, 3.63) is 96.1 Å². The van der Waals surface area contributed by atoms with Crippen molar-refractivity contribution in [3.8, 4) is 11.3 Å². The molecule has 140 valence electrons. The number of hydrogen-bond donors (Lipinski definition) is 0. The van der Waals surface area contributed by atoms with Gasteiger partial charge in [-0.05, 0) is 52.5 Å². The molecule has 0 N–H and O–H groups in total. The molecule has 0 saturated heterocycles. The highest BCUT2D eigenvalue weighted by molar-refractivity contribution is 6.22. The number of fused-ring (bicyclic) bond motifs is 5. The van der Waals surface area contributed by atoms with Gasteiger partial charge in [-0.1, -0.05) is 66.7 Å². The first-order valence-corrected chi connectivity index (χ1v) is 10.1. The minimum atomic E-state index is -1.54. The van der Waals surface area contributed by atoms with Gasteiger partial charge in [0.15, 0.2) is 0 Å². The lowest BCUT2D eigenvalue weighted by Gasteiger charge is -2.13. The fraction of sp³-hybridized carbons (Fsp3) is 0.0357. The Kier molecular flexibility index (Phi) is 2.73. The summed E-state index contributed by atoms with van der Waals surface area (Å²) in [5.41, 5.74) is 5.92. The monoisotopic (exact) mass is 385 g/mol. The summed E-state index contributed by atoms with van der Waals surface area (Å²) in [5, 5.41) is 5.12. The van der Waals surface area contributed by atoms with E-state index in [1.807, 2.05) is 60.7 Å². The number of pyridine rings is 1. The van der Waals surface area contributed by atoms with E-state index in [1.54, 1.807) is 6.08 Å². The third-order valence-electron chi connectivity index (χ3n) is 6.03. The van der Waals surface area contributed by atoms with Crippen molar-refractivity contribution in [1.82, 2.24) is 4.98 Å². The van der Waals surface area contributed by atoms with E-state index in [-0.39, 0.29) is 0 Å². The first-order chi connectivity index (χ1) is 15.6. The van der Waals surface area contributed by atoms with Crippen LogP contribution in [0.1, 0.15) is 13.9 Å². The Balaban J connectivity index is 1.60. The highest BCUT2D eigenvalue weighted by Gasteiger charge is 2.19. The van der Waals surface area contributed by atoms with Crippen LogP contribution in [0.4, 0.5) is 0 Å². The Morgan fingerprint density at radius 2 is 1.73 bits per heavy atom. The van der Waals surface area contributed by atoms with Crippen LogP contribution in [-0.4, -0.2) is 4.98 Å². The van der Waals surface area contributed by atoms with Crippen molar-refractivity contribution in [2.45, 2.75) is 6.37 Å². The molecule has 1 aliphatic carbocycles. The van der Waals surface area contributed by atoms with Crippen LogP contribution >= 0.6 is 0 Å². The Hall–Kier alpha value is -3.91. The normalized spacial score (nSPS) is 15.7. The molecule has 1 aliphatic rings. The molecule has 6 aromatic rings. The molecule has 0 amide bonds. The van der Waals surface area contributed by atoms with Crippen LogP contribution in [-0.2, 0) is 6.37 Å². The van der Waals surface area contributed by atoms with Gasteiger partial charge in [0.25, 0.3) is 0 Å². The number of allylic oxidation sites excluding steroid dienone is 1. The zero-order valence-electron chi connectivity index (χ0n) is 18.0. The number of benzene rings is 4. The molecular formula is C28H17NO. The lowest BCUT2D eigenvalue weighted by Crippen LogP contribution is -1.92. The van der Waals surface area contributed by atoms with Crippen LogP contribution < -0.4 is 0 Å². The molecule has 30 heavy (non-hydrogen) atoms. The van der Waals surface area contributed by atoms with Gasteiger partial charge < -0.3 is 4.42 Å². The molecule has 2 aromatic heterocycles. The molecule has 7 rings (SSSR count). The van der Waals surface area contributed by atoms with Crippen LogP contribution in [0.3, 0.4) is 0 Å². The first-order valence-electron chi connectivity index (χ1n) is 11.1. The Morgan fingerprint density at radius 3 is 2.73 bits per heavy atom. The summed E-state index contributed by atoms with van der Waals surface area (Å²) in [6.07, 6.45) is 1.97. The van der Waals surface area contributed by atoms with Gasteiger partial charge in [-0.3, -0.25) is 0 Å². The number of aromatic nitrogens is 1. The van der Waals surface area contributed by atoms with E-state index in [4.69, 9.17) is 12.1 Å². The summed E-state index contributed by atoms with van der Waals surface area (Å²) >= 11 is 0. The van der Waals surface area contributed by atoms with Crippen LogP contribution in [0.2, 0.25) is 0 Å². The van der Waals surface area contributed by atoms with Gasteiger partial charge in [0.2, 0.25) is 0 Å². The second-order valence-electron chi connectivity index (χ2n) is 7.72. The van der Waals surface area contributed by atoms with Crippen molar-refractivity contribution in [2.75, 3.05) is 0 Å². The summed E-state index contributed by atoms with van der Waals surface area (Å²) in [6.45, 7) is 0. The average Bonchev–Trinajstić information content (AvgIpc) is 3.20. The number of nitrogens with zero attached hydrogens (tertiary/aromatic N) is 1. The van der Waals surface area contributed by atoms with E-state index in [1.165, 1.54) is 0 Å². The second kappa shape index (κ2) is 5.80. The minimum Gasteiger partial charge on any atom is -0.455 e. The van der Waals surface area contributed by atoms with Crippen molar-refractivity contribution < 1.29 is 7.16 Å². The van der Waals surface area contributed by atoms with Crippen molar-refractivity contribution >= 4 is 49.7 Å². The average molecular weight is 385 g/mol. The molecule has 0 aliphatic heterocycles. The maximum absolute atomic E-state index is 8.53. The quantitative estimate of drug-likeness (QED) is 0.292. The Labute approximate surface area is 175 Å². The van der Waals surface area contributed by atoms with Gasteiger partial charge >= 0.3 is 0 Å². The first kappa shape index (κ1) is 14.1. The molecule has 0 atom stereocenters. The Morgan fingerprint density at radius 1 is 0.833 bits per heavy atom. The maximum Gasteiger partial charge on any atom is 0.144 e. The summed E-state index contributed by atoms with van der Waals surface area (Å²) < 4.78 is 23.5. The highest BCUT2D eigenvalue weighted by Crippen LogP contribution is 2.42. The fourth-order valence-corrected chi connectivity index (χ4v) is 4.69. The molecular weight excluding hydrogens is 366 g/mol. The molecule has 2 nitrogen and oxygen atoms in total. The number of furan rings is 1. The van der Waals surface area contributed by atoms with E-state index in [0.29, 0.717) is 11.1 Å². The molecule has 0 spiro atoms. The second-order valence-corrected chi connectivity index (χ2v) is 7.72.